The number of nitrogens with one attached hydrogen (secondary N) is 1. The van der Waals surface area contributed by atoms with E-state index in [9.17, 15) is 9.90 Å². The largest absolute Gasteiger partial charge is 0.480 e. The van der Waals surface area contributed by atoms with Crippen molar-refractivity contribution in [3.05, 3.63) is 22.3 Å². The van der Waals surface area contributed by atoms with Crippen molar-refractivity contribution in [2.75, 3.05) is 5.32 Å². The number of pyridine rings is 1. The number of carboxylic acid groups (broad SMARTS) is 1. The first-order valence-corrected chi connectivity index (χ1v) is 6.29. The van der Waals surface area contributed by atoms with E-state index in [2.05, 4.69) is 10.3 Å². The molecule has 0 aromatic carbocycles. The first-order valence-electron chi connectivity index (χ1n) is 5.91. The second kappa shape index (κ2) is 6.39. The van der Waals surface area contributed by atoms with Crippen LogP contribution < -0.4 is 5.32 Å². The second-order valence-electron chi connectivity index (χ2n) is 4.73. The minimum atomic E-state index is -0.966. The standard InChI is InChI=1S/C13H16ClN3O2/c1-7(2)4-11(13(18)19)17-12-9(5-15)8(3)10(14)6-16-12/h6-7,11H,4H2,1-3H3,(H,16,17)(H,18,19)/t11-/m0/s1. The molecule has 6 heteroatoms. The molecule has 0 aliphatic carbocycles. The quantitative estimate of drug-likeness (QED) is 0.867. The highest BCUT2D eigenvalue weighted by molar-refractivity contribution is 6.31. The van der Waals surface area contributed by atoms with Gasteiger partial charge in [-0.25, -0.2) is 9.78 Å². The molecule has 1 rings (SSSR count). The number of carbonyl (C=O) groups is 1. The van der Waals surface area contributed by atoms with Crippen molar-refractivity contribution in [1.82, 2.24) is 4.98 Å². The maximum Gasteiger partial charge on any atom is 0.326 e. The summed E-state index contributed by atoms with van der Waals surface area (Å²) in [5.41, 5.74) is 0.873. The van der Waals surface area contributed by atoms with Gasteiger partial charge in [0.05, 0.1) is 10.6 Å². The third kappa shape index (κ3) is 3.83. The molecule has 19 heavy (non-hydrogen) atoms. The molecule has 0 unspecified atom stereocenters. The molecule has 2 N–H and O–H groups in total. The van der Waals surface area contributed by atoms with Gasteiger partial charge in [0.2, 0.25) is 0 Å². The number of aliphatic carboxylic acids is 1. The van der Waals surface area contributed by atoms with Gasteiger partial charge in [-0.05, 0) is 24.8 Å². The van der Waals surface area contributed by atoms with Crippen LogP contribution in [0.4, 0.5) is 5.82 Å². The molecule has 0 spiro atoms. The van der Waals surface area contributed by atoms with Crippen LogP contribution in [0.15, 0.2) is 6.20 Å². The number of hydrogen-bond donors (Lipinski definition) is 2. The zero-order valence-corrected chi connectivity index (χ0v) is 11.8. The summed E-state index contributed by atoms with van der Waals surface area (Å²) in [6, 6.07) is 1.22. The van der Waals surface area contributed by atoms with E-state index in [4.69, 9.17) is 16.9 Å². The molecule has 0 saturated carbocycles. The number of aromatic nitrogens is 1. The topological polar surface area (TPSA) is 86.0 Å². The van der Waals surface area contributed by atoms with Gasteiger partial charge in [0.25, 0.3) is 0 Å². The van der Waals surface area contributed by atoms with Crippen LogP contribution in [0.25, 0.3) is 0 Å². The van der Waals surface area contributed by atoms with Crippen molar-refractivity contribution in [2.24, 2.45) is 5.92 Å². The van der Waals surface area contributed by atoms with Crippen LogP contribution in [0.2, 0.25) is 5.02 Å². The molecule has 1 heterocycles. The number of halogens is 1. The van der Waals surface area contributed by atoms with Gasteiger partial charge in [-0.2, -0.15) is 5.26 Å². The van der Waals surface area contributed by atoms with E-state index in [0.29, 0.717) is 17.0 Å². The molecular formula is C13H16ClN3O2. The molecular weight excluding hydrogens is 266 g/mol. The molecule has 0 aliphatic heterocycles. The minimum absolute atomic E-state index is 0.215. The summed E-state index contributed by atoms with van der Waals surface area (Å²) >= 11 is 5.89. The number of anilines is 1. The SMILES string of the molecule is Cc1c(Cl)cnc(N[C@@H](CC(C)C)C(=O)O)c1C#N. The van der Waals surface area contributed by atoms with E-state index in [1.54, 1.807) is 6.92 Å². The third-order valence-corrected chi connectivity index (χ3v) is 3.09. The first-order chi connectivity index (χ1) is 8.86. The number of rotatable bonds is 5. The smallest absolute Gasteiger partial charge is 0.326 e. The van der Waals surface area contributed by atoms with Gasteiger partial charge in [-0.15, -0.1) is 0 Å². The Balaban J connectivity index is 3.07. The van der Waals surface area contributed by atoms with Gasteiger partial charge in [-0.3, -0.25) is 0 Å². The normalized spacial score (nSPS) is 12.0. The highest BCUT2D eigenvalue weighted by atomic mass is 35.5. The fourth-order valence-corrected chi connectivity index (χ4v) is 1.83. The van der Waals surface area contributed by atoms with Crippen LogP contribution in [0.5, 0.6) is 0 Å². The van der Waals surface area contributed by atoms with E-state index >= 15 is 0 Å². The van der Waals surface area contributed by atoms with Crippen molar-refractivity contribution in [3.63, 3.8) is 0 Å². The minimum Gasteiger partial charge on any atom is -0.480 e. The zero-order valence-electron chi connectivity index (χ0n) is 11.1. The van der Waals surface area contributed by atoms with Crippen LogP contribution >= 0.6 is 11.6 Å². The number of hydrogen-bond acceptors (Lipinski definition) is 4. The van der Waals surface area contributed by atoms with Crippen molar-refractivity contribution in [3.8, 4) is 6.07 Å². The van der Waals surface area contributed by atoms with Gasteiger partial charge in [0.15, 0.2) is 0 Å². The molecule has 0 amide bonds. The first kappa shape index (κ1) is 15.3. The van der Waals surface area contributed by atoms with Gasteiger partial charge in [-0.1, -0.05) is 25.4 Å². The summed E-state index contributed by atoms with van der Waals surface area (Å²) in [4.78, 5) is 15.2. The lowest BCUT2D eigenvalue weighted by Gasteiger charge is -2.18. The summed E-state index contributed by atoms with van der Waals surface area (Å²) < 4.78 is 0. The molecule has 102 valence electrons. The van der Waals surface area contributed by atoms with Crippen LogP contribution in [0.3, 0.4) is 0 Å². The average molecular weight is 282 g/mol. The number of nitrogens with zero attached hydrogens (tertiary/aromatic N) is 2. The van der Waals surface area contributed by atoms with Crippen LogP contribution in [-0.2, 0) is 4.79 Å². The Labute approximate surface area is 117 Å². The van der Waals surface area contributed by atoms with E-state index in [1.165, 1.54) is 6.20 Å². The van der Waals surface area contributed by atoms with E-state index in [1.807, 2.05) is 19.9 Å². The molecule has 5 nitrogen and oxygen atoms in total. The Bertz CT molecular complexity index is 523. The lowest BCUT2D eigenvalue weighted by molar-refractivity contribution is -0.138. The fraction of sp³-hybridized carbons (Fsp3) is 0.462. The van der Waals surface area contributed by atoms with E-state index < -0.39 is 12.0 Å². The summed E-state index contributed by atoms with van der Waals surface area (Å²) in [5, 5.41) is 21.5. The predicted molar refractivity (Wildman–Crippen MR) is 73.2 cm³/mol. The highest BCUT2D eigenvalue weighted by Gasteiger charge is 2.21. The lowest BCUT2D eigenvalue weighted by atomic mass is 10.0. The van der Waals surface area contributed by atoms with Gasteiger partial charge in [0.1, 0.15) is 17.9 Å². The predicted octanol–water partition coefficient (Wildman–Crippen LogP) is 2.83. The Morgan fingerprint density at radius 3 is 2.74 bits per heavy atom. The Morgan fingerprint density at radius 2 is 2.26 bits per heavy atom. The van der Waals surface area contributed by atoms with E-state index in [0.717, 1.165) is 0 Å². The zero-order chi connectivity index (χ0) is 14.6. The molecule has 0 radical (unpaired) electrons. The fourth-order valence-electron chi connectivity index (χ4n) is 1.68. The Morgan fingerprint density at radius 1 is 1.63 bits per heavy atom. The van der Waals surface area contributed by atoms with Crippen LogP contribution in [0, 0.1) is 24.2 Å². The Kier molecular flexibility index (Phi) is 5.13. The highest BCUT2D eigenvalue weighted by Crippen LogP contribution is 2.24. The van der Waals surface area contributed by atoms with Crippen LogP contribution in [0.1, 0.15) is 31.4 Å². The van der Waals surface area contributed by atoms with Gasteiger partial charge < -0.3 is 10.4 Å². The second-order valence-corrected chi connectivity index (χ2v) is 5.14. The van der Waals surface area contributed by atoms with Crippen molar-refractivity contribution in [2.45, 2.75) is 33.2 Å². The average Bonchev–Trinajstić information content (AvgIpc) is 2.32. The third-order valence-electron chi connectivity index (χ3n) is 2.70. The Hall–Kier alpha value is -1.80. The van der Waals surface area contributed by atoms with Crippen molar-refractivity contribution >= 4 is 23.4 Å². The number of nitriles is 1. The maximum atomic E-state index is 11.2. The summed E-state index contributed by atoms with van der Waals surface area (Å²) in [6.07, 6.45) is 1.86. The molecule has 0 fully saturated rings. The molecule has 0 saturated heterocycles. The summed E-state index contributed by atoms with van der Waals surface area (Å²) in [7, 11) is 0. The lowest BCUT2D eigenvalue weighted by Crippen LogP contribution is -2.31. The van der Waals surface area contributed by atoms with Crippen molar-refractivity contribution in [1.29, 1.82) is 5.26 Å². The molecule has 0 bridgehead atoms. The van der Waals surface area contributed by atoms with Gasteiger partial charge >= 0.3 is 5.97 Å². The number of carboxylic acids is 1. The molecule has 1 atom stereocenters. The molecule has 1 aromatic rings. The van der Waals surface area contributed by atoms with Crippen molar-refractivity contribution < 1.29 is 9.90 Å². The molecule has 0 aliphatic rings. The van der Waals surface area contributed by atoms with E-state index in [-0.39, 0.29) is 17.3 Å². The molecule has 1 aromatic heterocycles. The van der Waals surface area contributed by atoms with Crippen LogP contribution in [-0.4, -0.2) is 22.1 Å². The van der Waals surface area contributed by atoms with Gasteiger partial charge in [0, 0.05) is 6.20 Å². The maximum absolute atomic E-state index is 11.2. The summed E-state index contributed by atoms with van der Waals surface area (Å²) in [5.74, 6) is -0.489. The summed E-state index contributed by atoms with van der Waals surface area (Å²) in [6.45, 7) is 5.57. The monoisotopic (exact) mass is 281 g/mol.